The van der Waals surface area contributed by atoms with Crippen LogP contribution in [0, 0.1) is 11.8 Å². The van der Waals surface area contributed by atoms with Gasteiger partial charge in [-0.25, -0.2) is 8.42 Å². The zero-order valence-electron chi connectivity index (χ0n) is 7.47. The first kappa shape index (κ1) is 11.0. The van der Waals surface area contributed by atoms with Gasteiger partial charge in [-0.05, 0) is 0 Å². The molecule has 0 spiro atoms. The number of carboxylic acid groups (broad SMARTS) is 1. The van der Waals surface area contributed by atoms with Crippen LogP contribution in [0.4, 0.5) is 0 Å². The van der Waals surface area contributed by atoms with Crippen LogP contribution in [0.2, 0.25) is 0 Å². The standard InChI is InChI=1S/C7H10O6S/c1-13-7(10)5-3-14(11,12)2-4(5)6(8)9/h4-5H,2-3H2,1H3,(H,8,9)/t4-,5+/m1/s1. The Labute approximate surface area is 80.8 Å². The number of ether oxygens (including phenoxy) is 1. The predicted octanol–water partition coefficient (Wildman–Crippen LogP) is -1.10. The predicted molar refractivity (Wildman–Crippen MR) is 45.3 cm³/mol. The number of carboxylic acids is 1. The van der Waals surface area contributed by atoms with Crippen LogP contribution >= 0.6 is 0 Å². The van der Waals surface area contributed by atoms with E-state index in [1.807, 2.05) is 0 Å². The number of carbonyl (C=O) groups is 2. The molecule has 14 heavy (non-hydrogen) atoms. The molecule has 7 heteroatoms. The summed E-state index contributed by atoms with van der Waals surface area (Å²) in [6, 6.07) is 0. The smallest absolute Gasteiger partial charge is 0.310 e. The lowest BCUT2D eigenvalue weighted by Crippen LogP contribution is -2.29. The number of esters is 1. The molecule has 2 atom stereocenters. The molecule has 0 aromatic rings. The summed E-state index contributed by atoms with van der Waals surface area (Å²) in [5, 5.41) is 8.69. The van der Waals surface area contributed by atoms with E-state index in [1.165, 1.54) is 0 Å². The number of rotatable bonds is 2. The van der Waals surface area contributed by atoms with Gasteiger partial charge >= 0.3 is 11.9 Å². The topological polar surface area (TPSA) is 97.7 Å². The van der Waals surface area contributed by atoms with Crippen LogP contribution in [0.1, 0.15) is 0 Å². The third-order valence-electron chi connectivity index (χ3n) is 2.17. The molecule has 1 heterocycles. The highest BCUT2D eigenvalue weighted by Crippen LogP contribution is 2.26. The summed E-state index contributed by atoms with van der Waals surface area (Å²) >= 11 is 0. The summed E-state index contributed by atoms with van der Waals surface area (Å²) in [5.74, 6) is -5.21. The number of hydrogen-bond donors (Lipinski definition) is 1. The summed E-state index contributed by atoms with van der Waals surface area (Å²) in [5.41, 5.74) is 0. The van der Waals surface area contributed by atoms with E-state index in [0.29, 0.717) is 0 Å². The molecule has 0 saturated carbocycles. The lowest BCUT2D eigenvalue weighted by molar-refractivity contribution is -0.153. The van der Waals surface area contributed by atoms with E-state index in [-0.39, 0.29) is 0 Å². The van der Waals surface area contributed by atoms with E-state index in [1.54, 1.807) is 0 Å². The second-order valence-electron chi connectivity index (χ2n) is 3.15. The molecule has 1 aliphatic rings. The van der Waals surface area contributed by atoms with Crippen LogP contribution in [0.3, 0.4) is 0 Å². The molecule has 1 fully saturated rings. The SMILES string of the molecule is COC(=O)[C@H]1CS(=O)(=O)C[C@H]1C(=O)O. The Balaban J connectivity index is 2.94. The number of hydrogen-bond acceptors (Lipinski definition) is 5. The van der Waals surface area contributed by atoms with Gasteiger partial charge in [0.15, 0.2) is 9.84 Å². The summed E-state index contributed by atoms with van der Waals surface area (Å²) in [6.07, 6.45) is 0. The third kappa shape index (κ3) is 2.03. The van der Waals surface area contributed by atoms with Crippen molar-refractivity contribution in [3.63, 3.8) is 0 Å². The lowest BCUT2D eigenvalue weighted by atomic mass is 9.97. The third-order valence-corrected chi connectivity index (χ3v) is 3.91. The average molecular weight is 222 g/mol. The second kappa shape index (κ2) is 3.56. The van der Waals surface area contributed by atoms with Crippen molar-refractivity contribution in [3.05, 3.63) is 0 Å². The second-order valence-corrected chi connectivity index (χ2v) is 5.31. The van der Waals surface area contributed by atoms with Gasteiger partial charge in [0.2, 0.25) is 0 Å². The molecule has 1 saturated heterocycles. The number of carbonyl (C=O) groups excluding carboxylic acids is 1. The summed E-state index contributed by atoms with van der Waals surface area (Å²) in [7, 11) is -2.32. The van der Waals surface area contributed by atoms with Crippen LogP contribution in [-0.4, -0.2) is 44.1 Å². The molecule has 0 radical (unpaired) electrons. The van der Waals surface area contributed by atoms with Crippen molar-refractivity contribution in [2.75, 3.05) is 18.6 Å². The van der Waals surface area contributed by atoms with E-state index in [0.717, 1.165) is 7.11 Å². The highest BCUT2D eigenvalue weighted by molar-refractivity contribution is 7.91. The van der Waals surface area contributed by atoms with Crippen LogP contribution in [0.15, 0.2) is 0 Å². The van der Waals surface area contributed by atoms with Crippen molar-refractivity contribution in [1.29, 1.82) is 0 Å². The minimum atomic E-state index is -3.43. The highest BCUT2D eigenvalue weighted by Gasteiger charge is 2.46. The van der Waals surface area contributed by atoms with E-state index < -0.39 is 45.1 Å². The van der Waals surface area contributed by atoms with Gasteiger partial charge < -0.3 is 9.84 Å². The van der Waals surface area contributed by atoms with Crippen molar-refractivity contribution in [2.45, 2.75) is 0 Å². The van der Waals surface area contributed by atoms with Gasteiger partial charge in [0, 0.05) is 0 Å². The molecular formula is C7H10O6S. The van der Waals surface area contributed by atoms with Gasteiger partial charge in [0.1, 0.15) is 0 Å². The number of aliphatic carboxylic acids is 1. The monoisotopic (exact) mass is 222 g/mol. The molecule has 80 valence electrons. The lowest BCUT2D eigenvalue weighted by Gasteiger charge is -2.10. The fourth-order valence-electron chi connectivity index (χ4n) is 1.47. The van der Waals surface area contributed by atoms with Crippen molar-refractivity contribution in [3.8, 4) is 0 Å². The van der Waals surface area contributed by atoms with Crippen molar-refractivity contribution < 1.29 is 27.9 Å². The van der Waals surface area contributed by atoms with Crippen molar-refractivity contribution in [1.82, 2.24) is 0 Å². The number of sulfone groups is 1. The largest absolute Gasteiger partial charge is 0.481 e. The van der Waals surface area contributed by atoms with Gasteiger partial charge in [-0.2, -0.15) is 0 Å². The molecule has 0 aromatic carbocycles. The maximum absolute atomic E-state index is 11.1. The first-order chi connectivity index (χ1) is 6.37. The minimum Gasteiger partial charge on any atom is -0.481 e. The Morgan fingerprint density at radius 3 is 2.21 bits per heavy atom. The van der Waals surface area contributed by atoms with Crippen molar-refractivity contribution >= 4 is 21.8 Å². The molecule has 6 nitrogen and oxygen atoms in total. The fourth-order valence-corrected chi connectivity index (χ4v) is 3.45. The maximum Gasteiger partial charge on any atom is 0.310 e. The zero-order valence-corrected chi connectivity index (χ0v) is 8.28. The Morgan fingerprint density at radius 2 is 1.79 bits per heavy atom. The van der Waals surface area contributed by atoms with Gasteiger partial charge in [0.25, 0.3) is 0 Å². The molecule has 1 aliphatic heterocycles. The first-order valence-electron chi connectivity index (χ1n) is 3.88. The van der Waals surface area contributed by atoms with Crippen molar-refractivity contribution in [2.24, 2.45) is 11.8 Å². The first-order valence-corrected chi connectivity index (χ1v) is 5.70. The molecule has 0 bridgehead atoms. The summed E-state index contributed by atoms with van der Waals surface area (Å²) in [6.45, 7) is 0. The fraction of sp³-hybridized carbons (Fsp3) is 0.714. The average Bonchev–Trinajstić information content (AvgIpc) is 2.40. The van der Waals surface area contributed by atoms with Gasteiger partial charge in [0.05, 0.1) is 30.5 Å². The minimum absolute atomic E-state index is 0.434. The summed E-state index contributed by atoms with van der Waals surface area (Å²) in [4.78, 5) is 21.7. The maximum atomic E-state index is 11.1. The van der Waals surface area contributed by atoms with Crippen LogP contribution in [0.25, 0.3) is 0 Å². The van der Waals surface area contributed by atoms with Crippen LogP contribution in [-0.2, 0) is 24.2 Å². The molecular weight excluding hydrogens is 212 g/mol. The Morgan fingerprint density at radius 1 is 1.29 bits per heavy atom. The molecule has 1 rings (SSSR count). The van der Waals surface area contributed by atoms with E-state index in [9.17, 15) is 18.0 Å². The van der Waals surface area contributed by atoms with Gasteiger partial charge in [-0.3, -0.25) is 9.59 Å². The van der Waals surface area contributed by atoms with Crippen LogP contribution < -0.4 is 0 Å². The Bertz CT molecular complexity index is 356. The van der Waals surface area contributed by atoms with Gasteiger partial charge in [-0.15, -0.1) is 0 Å². The Kier molecular flexibility index (Phi) is 2.79. The highest BCUT2D eigenvalue weighted by atomic mass is 32.2. The van der Waals surface area contributed by atoms with E-state index in [2.05, 4.69) is 4.74 Å². The molecule has 0 aromatic heterocycles. The number of methoxy groups -OCH3 is 1. The molecule has 0 amide bonds. The zero-order chi connectivity index (χ0) is 10.9. The molecule has 1 N–H and O–H groups in total. The summed E-state index contributed by atoms with van der Waals surface area (Å²) < 4.78 is 26.6. The molecule has 0 aliphatic carbocycles. The quantitative estimate of drug-likeness (QED) is 0.596. The Hall–Kier alpha value is -1.11. The van der Waals surface area contributed by atoms with Crippen LogP contribution in [0.5, 0.6) is 0 Å². The van der Waals surface area contributed by atoms with E-state index >= 15 is 0 Å². The molecule has 0 unspecified atom stereocenters. The van der Waals surface area contributed by atoms with Gasteiger partial charge in [-0.1, -0.05) is 0 Å². The van der Waals surface area contributed by atoms with E-state index in [4.69, 9.17) is 5.11 Å². The normalized spacial score (nSPS) is 29.8.